The minimum Gasteiger partial charge on any atom is -0.357 e. The van der Waals surface area contributed by atoms with E-state index in [1.807, 2.05) is 37.3 Å². The molecule has 0 bridgehead atoms. The van der Waals surface area contributed by atoms with E-state index in [9.17, 15) is 4.79 Å². The number of thioether (sulfide) groups is 1. The Morgan fingerprint density at radius 3 is 2.91 bits per heavy atom. The molecule has 0 aliphatic carbocycles. The van der Waals surface area contributed by atoms with E-state index in [1.54, 1.807) is 17.8 Å². The van der Waals surface area contributed by atoms with Crippen molar-refractivity contribution in [3.8, 4) is 0 Å². The van der Waals surface area contributed by atoms with E-state index in [0.717, 1.165) is 15.0 Å². The molecule has 2 N–H and O–H groups in total. The zero-order chi connectivity index (χ0) is 16.5. The highest BCUT2D eigenvalue weighted by Crippen LogP contribution is 2.25. The fourth-order valence-corrected chi connectivity index (χ4v) is 3.64. The molecule has 0 unspecified atom stereocenters. The van der Waals surface area contributed by atoms with Gasteiger partial charge < -0.3 is 10.6 Å². The van der Waals surface area contributed by atoms with E-state index < -0.39 is 0 Å². The molecule has 1 aromatic carbocycles. The third kappa shape index (κ3) is 6.03. The summed E-state index contributed by atoms with van der Waals surface area (Å²) < 4.78 is 0.862. The zero-order valence-electron chi connectivity index (χ0n) is 13.0. The van der Waals surface area contributed by atoms with Crippen molar-refractivity contribution in [2.75, 3.05) is 17.6 Å². The molecular formula is C16H20N4OS2. The normalized spacial score (nSPS) is 11.7. The molecule has 0 fully saturated rings. The summed E-state index contributed by atoms with van der Waals surface area (Å²) in [5.41, 5.74) is 1.11. The first-order chi connectivity index (χ1) is 11.2. The lowest BCUT2D eigenvalue weighted by Crippen LogP contribution is -2.26. The lowest BCUT2D eigenvalue weighted by atomic mass is 10.1. The monoisotopic (exact) mass is 348 g/mol. The smallest absolute Gasteiger partial charge is 0.221 e. The van der Waals surface area contributed by atoms with E-state index >= 15 is 0 Å². The van der Waals surface area contributed by atoms with Gasteiger partial charge >= 0.3 is 0 Å². The van der Waals surface area contributed by atoms with Crippen LogP contribution < -0.4 is 10.6 Å². The molecule has 7 heteroatoms. The van der Waals surface area contributed by atoms with E-state index in [2.05, 4.69) is 27.4 Å². The molecule has 0 spiro atoms. The fourth-order valence-electron chi connectivity index (χ4n) is 1.87. The second-order valence-electron chi connectivity index (χ2n) is 4.84. The van der Waals surface area contributed by atoms with Gasteiger partial charge in [0.1, 0.15) is 0 Å². The predicted octanol–water partition coefficient (Wildman–Crippen LogP) is 3.50. The molecule has 0 radical (unpaired) electrons. The molecule has 1 aromatic heterocycles. The Labute approximate surface area is 144 Å². The van der Waals surface area contributed by atoms with E-state index in [1.165, 1.54) is 11.3 Å². The third-order valence-electron chi connectivity index (χ3n) is 3.04. The maximum Gasteiger partial charge on any atom is 0.221 e. The van der Waals surface area contributed by atoms with Gasteiger partial charge in [0.2, 0.25) is 11.0 Å². The first kappa shape index (κ1) is 17.5. The fraction of sp³-hybridized carbons (Fsp3) is 0.312. The van der Waals surface area contributed by atoms with E-state index in [4.69, 9.17) is 0 Å². The van der Waals surface area contributed by atoms with Crippen LogP contribution in [0, 0.1) is 0 Å². The van der Waals surface area contributed by atoms with Crippen LogP contribution in [0.15, 0.2) is 47.3 Å². The summed E-state index contributed by atoms with van der Waals surface area (Å²) >= 11 is 3.03. The second kappa shape index (κ2) is 9.32. The number of nitrogens with one attached hydrogen (secondary N) is 2. The van der Waals surface area contributed by atoms with Crippen LogP contribution in [-0.2, 0) is 4.79 Å². The molecule has 1 heterocycles. The zero-order valence-corrected chi connectivity index (χ0v) is 14.6. The highest BCUT2D eigenvalue weighted by atomic mass is 32.2. The third-order valence-corrected chi connectivity index (χ3v) is 5.05. The van der Waals surface area contributed by atoms with E-state index in [0.29, 0.717) is 18.7 Å². The van der Waals surface area contributed by atoms with Crippen molar-refractivity contribution in [1.82, 2.24) is 15.5 Å². The van der Waals surface area contributed by atoms with Crippen molar-refractivity contribution in [2.45, 2.75) is 23.7 Å². The molecule has 1 amide bonds. The summed E-state index contributed by atoms with van der Waals surface area (Å²) in [6, 6.07) is 9.96. The Morgan fingerprint density at radius 1 is 1.39 bits per heavy atom. The Balaban J connectivity index is 1.70. The number of hydrogen-bond donors (Lipinski definition) is 2. The highest BCUT2D eigenvalue weighted by molar-refractivity contribution is 8.01. The van der Waals surface area contributed by atoms with Gasteiger partial charge in [0, 0.05) is 18.7 Å². The van der Waals surface area contributed by atoms with Crippen LogP contribution in [0.3, 0.4) is 0 Å². The number of rotatable bonds is 9. The van der Waals surface area contributed by atoms with Crippen LogP contribution >= 0.6 is 23.1 Å². The van der Waals surface area contributed by atoms with E-state index in [-0.39, 0.29) is 11.9 Å². The largest absolute Gasteiger partial charge is 0.357 e. The molecule has 0 saturated carbocycles. The molecule has 122 valence electrons. The predicted molar refractivity (Wildman–Crippen MR) is 96.9 cm³/mol. The SMILES string of the molecule is C=CCNc1nnc(SCCC(=O)N[C@@H](C)c2ccccc2)s1. The van der Waals surface area contributed by atoms with Crippen molar-refractivity contribution >= 4 is 34.1 Å². The Kier molecular flexibility index (Phi) is 7.09. The summed E-state index contributed by atoms with van der Waals surface area (Å²) in [5, 5.41) is 15.0. The van der Waals surface area contributed by atoms with Crippen molar-refractivity contribution in [3.63, 3.8) is 0 Å². The average molecular weight is 348 g/mol. The number of benzene rings is 1. The summed E-state index contributed by atoms with van der Waals surface area (Å²) in [7, 11) is 0. The number of nitrogens with zero attached hydrogens (tertiary/aromatic N) is 2. The summed E-state index contributed by atoms with van der Waals surface area (Å²) in [6.07, 6.45) is 2.23. The quantitative estimate of drug-likeness (QED) is 0.536. The standard InChI is InChI=1S/C16H20N4OS2/c1-3-10-17-15-19-20-16(23-15)22-11-9-14(21)18-12(2)13-7-5-4-6-8-13/h3-8,12H,1,9-11H2,2H3,(H,17,19)(H,18,21)/t12-/m0/s1. The molecule has 0 aliphatic heterocycles. The van der Waals surface area contributed by atoms with Gasteiger partial charge in [-0.05, 0) is 12.5 Å². The Bertz CT molecular complexity index is 630. The molecule has 5 nitrogen and oxygen atoms in total. The maximum absolute atomic E-state index is 12.0. The van der Waals surface area contributed by atoms with Crippen LogP contribution in [0.4, 0.5) is 5.13 Å². The molecular weight excluding hydrogens is 328 g/mol. The summed E-state index contributed by atoms with van der Waals surface area (Å²) in [6.45, 7) is 6.30. The van der Waals surface area contributed by atoms with Gasteiger partial charge in [-0.1, -0.05) is 59.5 Å². The van der Waals surface area contributed by atoms with Crippen molar-refractivity contribution in [2.24, 2.45) is 0 Å². The van der Waals surface area contributed by atoms with Gasteiger partial charge in [-0.3, -0.25) is 4.79 Å². The van der Waals surface area contributed by atoms with Crippen LogP contribution in [0.25, 0.3) is 0 Å². The summed E-state index contributed by atoms with van der Waals surface area (Å²) in [4.78, 5) is 12.0. The van der Waals surface area contributed by atoms with Crippen molar-refractivity contribution in [1.29, 1.82) is 0 Å². The van der Waals surface area contributed by atoms with Gasteiger partial charge in [0.25, 0.3) is 0 Å². The molecule has 1 atom stereocenters. The highest BCUT2D eigenvalue weighted by Gasteiger charge is 2.10. The number of aromatic nitrogens is 2. The van der Waals surface area contributed by atoms with Crippen molar-refractivity contribution < 1.29 is 4.79 Å². The lowest BCUT2D eigenvalue weighted by molar-refractivity contribution is -0.121. The lowest BCUT2D eigenvalue weighted by Gasteiger charge is -2.13. The van der Waals surface area contributed by atoms with Gasteiger partial charge in [-0.2, -0.15) is 0 Å². The topological polar surface area (TPSA) is 66.9 Å². The number of anilines is 1. The van der Waals surface area contributed by atoms with Crippen LogP contribution in [0.1, 0.15) is 24.9 Å². The number of hydrogen-bond acceptors (Lipinski definition) is 6. The average Bonchev–Trinajstić information content (AvgIpc) is 3.01. The van der Waals surface area contributed by atoms with Gasteiger partial charge in [-0.15, -0.1) is 16.8 Å². The second-order valence-corrected chi connectivity index (χ2v) is 7.16. The van der Waals surface area contributed by atoms with Gasteiger partial charge in [0.05, 0.1) is 6.04 Å². The molecule has 2 rings (SSSR count). The Morgan fingerprint density at radius 2 is 2.17 bits per heavy atom. The number of carbonyl (C=O) groups excluding carboxylic acids is 1. The van der Waals surface area contributed by atoms with Crippen LogP contribution in [0.5, 0.6) is 0 Å². The first-order valence-corrected chi connectivity index (χ1v) is 9.14. The van der Waals surface area contributed by atoms with Crippen molar-refractivity contribution in [3.05, 3.63) is 48.6 Å². The molecule has 0 aliphatic rings. The van der Waals surface area contributed by atoms with Gasteiger partial charge in [0.15, 0.2) is 4.34 Å². The van der Waals surface area contributed by atoms with Gasteiger partial charge in [-0.25, -0.2) is 0 Å². The van der Waals surface area contributed by atoms with Crippen LogP contribution in [-0.4, -0.2) is 28.4 Å². The number of carbonyl (C=O) groups is 1. The molecule has 2 aromatic rings. The first-order valence-electron chi connectivity index (χ1n) is 7.34. The molecule has 0 saturated heterocycles. The maximum atomic E-state index is 12.0. The number of amides is 1. The summed E-state index contributed by atoms with van der Waals surface area (Å²) in [5.74, 6) is 0.729. The minimum atomic E-state index is 0.0185. The molecule has 23 heavy (non-hydrogen) atoms. The minimum absolute atomic E-state index is 0.0185. The Hall–Kier alpha value is -1.86. The van der Waals surface area contributed by atoms with Crippen LogP contribution in [0.2, 0.25) is 0 Å².